The van der Waals surface area contributed by atoms with Crippen molar-refractivity contribution >= 4 is 18.5 Å². The standard InChI is InChI=1S/C18H22BNO3/c21-18(14-16-9-11-17(12-10-16)19(22)23)20-13-5-4-8-15-6-2-1-3-7-15/h1-3,6-7,9-12,22-23H,4-5,8,13-14H2,(H,20,21). The van der Waals surface area contributed by atoms with Gasteiger partial charge in [0.25, 0.3) is 0 Å². The van der Waals surface area contributed by atoms with E-state index in [2.05, 4.69) is 17.4 Å². The highest BCUT2D eigenvalue weighted by Crippen LogP contribution is 2.04. The number of carbonyl (C=O) groups is 1. The minimum Gasteiger partial charge on any atom is -0.423 e. The van der Waals surface area contributed by atoms with Gasteiger partial charge >= 0.3 is 7.12 Å². The first-order valence-corrected chi connectivity index (χ1v) is 7.91. The van der Waals surface area contributed by atoms with Gasteiger partial charge in [0.1, 0.15) is 0 Å². The highest BCUT2D eigenvalue weighted by atomic mass is 16.4. The second-order valence-electron chi connectivity index (χ2n) is 5.58. The number of aryl methyl sites for hydroxylation is 1. The van der Waals surface area contributed by atoms with Gasteiger partial charge in [-0.3, -0.25) is 4.79 Å². The van der Waals surface area contributed by atoms with Crippen molar-refractivity contribution in [1.82, 2.24) is 5.32 Å². The molecule has 0 radical (unpaired) electrons. The zero-order valence-electron chi connectivity index (χ0n) is 13.1. The number of hydrogen-bond donors (Lipinski definition) is 3. The van der Waals surface area contributed by atoms with Gasteiger partial charge in [0.15, 0.2) is 0 Å². The maximum atomic E-state index is 11.9. The van der Waals surface area contributed by atoms with Crippen LogP contribution in [0, 0.1) is 0 Å². The van der Waals surface area contributed by atoms with E-state index in [1.165, 1.54) is 5.56 Å². The molecule has 0 aliphatic rings. The lowest BCUT2D eigenvalue weighted by atomic mass is 9.80. The number of nitrogens with one attached hydrogen (secondary N) is 1. The van der Waals surface area contributed by atoms with Gasteiger partial charge in [-0.2, -0.15) is 0 Å². The minimum absolute atomic E-state index is 0.0120. The summed E-state index contributed by atoms with van der Waals surface area (Å²) in [4.78, 5) is 11.9. The maximum Gasteiger partial charge on any atom is 0.488 e. The van der Waals surface area contributed by atoms with E-state index in [0.29, 0.717) is 18.4 Å². The molecule has 23 heavy (non-hydrogen) atoms. The van der Waals surface area contributed by atoms with Crippen LogP contribution >= 0.6 is 0 Å². The zero-order valence-corrected chi connectivity index (χ0v) is 13.1. The lowest BCUT2D eigenvalue weighted by molar-refractivity contribution is -0.120. The van der Waals surface area contributed by atoms with Crippen LogP contribution in [0.5, 0.6) is 0 Å². The quantitative estimate of drug-likeness (QED) is 0.504. The minimum atomic E-state index is -1.47. The summed E-state index contributed by atoms with van der Waals surface area (Å²) in [5.41, 5.74) is 2.61. The van der Waals surface area contributed by atoms with Crippen LogP contribution in [0.4, 0.5) is 0 Å². The van der Waals surface area contributed by atoms with Gasteiger partial charge < -0.3 is 15.4 Å². The van der Waals surface area contributed by atoms with Crippen LogP contribution in [0.1, 0.15) is 24.0 Å². The van der Waals surface area contributed by atoms with Crippen molar-refractivity contribution in [2.45, 2.75) is 25.7 Å². The summed E-state index contributed by atoms with van der Waals surface area (Å²) in [7, 11) is -1.47. The van der Waals surface area contributed by atoms with E-state index in [1.807, 2.05) is 18.2 Å². The predicted octanol–water partition coefficient (Wildman–Crippen LogP) is 1.05. The summed E-state index contributed by atoms with van der Waals surface area (Å²) in [5.74, 6) is -0.0120. The summed E-state index contributed by atoms with van der Waals surface area (Å²) in [6.45, 7) is 0.680. The summed E-state index contributed by atoms with van der Waals surface area (Å²) in [5, 5.41) is 21.0. The Balaban J connectivity index is 1.63. The van der Waals surface area contributed by atoms with Crippen molar-refractivity contribution < 1.29 is 14.8 Å². The molecule has 2 aromatic carbocycles. The first-order chi connectivity index (χ1) is 11.1. The first-order valence-electron chi connectivity index (χ1n) is 7.91. The highest BCUT2D eigenvalue weighted by molar-refractivity contribution is 6.58. The molecule has 0 saturated carbocycles. The third-order valence-electron chi connectivity index (χ3n) is 3.70. The Morgan fingerprint density at radius 1 is 0.913 bits per heavy atom. The Morgan fingerprint density at radius 2 is 1.61 bits per heavy atom. The molecule has 5 heteroatoms. The average molecular weight is 311 g/mol. The van der Waals surface area contributed by atoms with Crippen LogP contribution in [-0.2, 0) is 17.6 Å². The maximum absolute atomic E-state index is 11.9. The third kappa shape index (κ3) is 6.26. The SMILES string of the molecule is O=C(Cc1ccc(B(O)O)cc1)NCCCCc1ccccc1. The Kier molecular flexibility index (Phi) is 6.85. The summed E-state index contributed by atoms with van der Waals surface area (Å²) in [6.07, 6.45) is 3.34. The number of carbonyl (C=O) groups excluding carboxylic acids is 1. The van der Waals surface area contributed by atoms with Gasteiger partial charge in [0, 0.05) is 6.54 Å². The topological polar surface area (TPSA) is 69.6 Å². The monoisotopic (exact) mass is 311 g/mol. The lowest BCUT2D eigenvalue weighted by Crippen LogP contribution is -2.30. The van der Waals surface area contributed by atoms with Gasteiger partial charge in [0.05, 0.1) is 6.42 Å². The molecule has 0 aliphatic heterocycles. The molecule has 0 fully saturated rings. The second-order valence-corrected chi connectivity index (χ2v) is 5.58. The van der Waals surface area contributed by atoms with Gasteiger partial charge in [-0.15, -0.1) is 0 Å². The van der Waals surface area contributed by atoms with E-state index in [1.54, 1.807) is 24.3 Å². The highest BCUT2D eigenvalue weighted by Gasteiger charge is 2.10. The van der Waals surface area contributed by atoms with Crippen molar-refractivity contribution in [3.63, 3.8) is 0 Å². The normalized spacial score (nSPS) is 10.3. The van der Waals surface area contributed by atoms with Crippen LogP contribution in [0.3, 0.4) is 0 Å². The molecule has 4 nitrogen and oxygen atoms in total. The van der Waals surface area contributed by atoms with Crippen LogP contribution in [0.25, 0.3) is 0 Å². The lowest BCUT2D eigenvalue weighted by Gasteiger charge is -2.06. The Hall–Kier alpha value is -2.11. The van der Waals surface area contributed by atoms with E-state index in [-0.39, 0.29) is 5.91 Å². The molecule has 0 atom stereocenters. The molecular weight excluding hydrogens is 289 g/mol. The van der Waals surface area contributed by atoms with Crippen molar-refractivity contribution in [2.75, 3.05) is 6.54 Å². The molecule has 0 saturated heterocycles. The number of amides is 1. The average Bonchev–Trinajstić information content (AvgIpc) is 2.56. The van der Waals surface area contributed by atoms with Crippen LogP contribution in [0.15, 0.2) is 54.6 Å². The summed E-state index contributed by atoms with van der Waals surface area (Å²) >= 11 is 0. The fraction of sp³-hybridized carbons (Fsp3) is 0.278. The first kappa shape index (κ1) is 17.3. The summed E-state index contributed by atoms with van der Waals surface area (Å²) in [6, 6.07) is 17.0. The zero-order chi connectivity index (χ0) is 16.5. The predicted molar refractivity (Wildman–Crippen MR) is 92.4 cm³/mol. The van der Waals surface area contributed by atoms with E-state index < -0.39 is 7.12 Å². The fourth-order valence-corrected chi connectivity index (χ4v) is 2.38. The molecule has 120 valence electrons. The van der Waals surface area contributed by atoms with Crippen molar-refractivity contribution in [1.29, 1.82) is 0 Å². The number of rotatable bonds is 8. The largest absolute Gasteiger partial charge is 0.488 e. The molecule has 0 unspecified atom stereocenters. The van der Waals surface area contributed by atoms with Gasteiger partial charge in [-0.25, -0.2) is 0 Å². The Labute approximate surface area is 137 Å². The molecule has 0 aliphatic carbocycles. The van der Waals surface area contributed by atoms with E-state index >= 15 is 0 Å². The molecule has 3 N–H and O–H groups in total. The van der Waals surface area contributed by atoms with Gasteiger partial charge in [0.2, 0.25) is 5.91 Å². The Morgan fingerprint density at radius 3 is 2.26 bits per heavy atom. The molecule has 0 bridgehead atoms. The van der Waals surface area contributed by atoms with Crippen LogP contribution in [0.2, 0.25) is 0 Å². The number of unbranched alkanes of at least 4 members (excludes halogenated alkanes) is 1. The van der Waals surface area contributed by atoms with Crippen molar-refractivity contribution in [2.24, 2.45) is 0 Å². The molecule has 2 aromatic rings. The van der Waals surface area contributed by atoms with Crippen LogP contribution in [-0.4, -0.2) is 29.6 Å². The second kappa shape index (κ2) is 9.13. The van der Waals surface area contributed by atoms with Crippen molar-refractivity contribution in [3.8, 4) is 0 Å². The van der Waals surface area contributed by atoms with Gasteiger partial charge in [-0.1, -0.05) is 54.6 Å². The van der Waals surface area contributed by atoms with Crippen molar-refractivity contribution in [3.05, 3.63) is 65.7 Å². The summed E-state index contributed by atoms with van der Waals surface area (Å²) < 4.78 is 0. The number of benzene rings is 2. The fourth-order valence-electron chi connectivity index (χ4n) is 2.38. The third-order valence-corrected chi connectivity index (χ3v) is 3.70. The van der Waals surface area contributed by atoms with E-state index in [9.17, 15) is 4.79 Å². The Bertz CT molecular complexity index is 599. The molecule has 0 spiro atoms. The molecule has 0 heterocycles. The smallest absolute Gasteiger partial charge is 0.423 e. The van der Waals surface area contributed by atoms with E-state index in [0.717, 1.165) is 24.8 Å². The molecule has 2 rings (SSSR count). The molecular formula is C18H22BNO3. The van der Waals surface area contributed by atoms with Gasteiger partial charge in [-0.05, 0) is 35.9 Å². The number of hydrogen-bond acceptors (Lipinski definition) is 3. The molecule has 0 aromatic heterocycles. The molecule has 1 amide bonds. The van der Waals surface area contributed by atoms with E-state index in [4.69, 9.17) is 10.0 Å². The van der Waals surface area contributed by atoms with Crippen LogP contribution < -0.4 is 10.8 Å².